The van der Waals surface area contributed by atoms with Crippen LogP contribution in [0.2, 0.25) is 0 Å². The Morgan fingerprint density at radius 3 is 0.957 bits per heavy atom. The average Bonchev–Trinajstić information content (AvgIpc) is 3.31. The molecule has 0 saturated carbocycles. The third-order valence-corrected chi connectivity index (χ3v) is 15.5. The van der Waals surface area contributed by atoms with E-state index in [4.69, 9.17) is 0 Å². The predicted octanol–water partition coefficient (Wildman–Crippen LogP) is 1.98. The van der Waals surface area contributed by atoms with Gasteiger partial charge in [0.15, 0.2) is 19.7 Å². The molecule has 4 amide bonds. The number of hydrogen-bond acceptors (Lipinski definition) is 12. The minimum Gasteiger partial charge on any atom is -0.395 e. The van der Waals surface area contributed by atoms with Crippen molar-refractivity contribution in [1.29, 1.82) is 0 Å². The van der Waals surface area contributed by atoms with Gasteiger partial charge in [0.1, 0.15) is 24.3 Å². The van der Waals surface area contributed by atoms with Gasteiger partial charge in [0.2, 0.25) is 23.6 Å². The van der Waals surface area contributed by atoms with Gasteiger partial charge in [-0.1, -0.05) is 149 Å². The molecule has 0 saturated heterocycles. The quantitative estimate of drug-likeness (QED) is 0.0389. The number of hydrogen-bond donors (Lipinski definition) is 8. The Balaban J connectivity index is 1.64. The normalized spacial score (nSPS) is 15.4. The highest BCUT2D eigenvalue weighted by atomic mass is 32.2. The molecule has 8 atom stereocenters. The number of amides is 4. The standard InChI is InChI=1S/C52H70N4O12S2/c1-35(2)45(55-49(61)41(33-69(65,66)27-25-57)29-37-17-9-5-10-18-37)51(63)53-43(31-39-21-13-7-14-22-39)47(59)48(60)44(32-40-23-15-8-16-24-40)54-52(64)46(36(3)4)56-50(62)42(34-70(67,68)28-26-58)30-38-19-11-6-12-20-38/h5-24,35-36,41-48,57-60H,25-34H2,1-4H3,(H,53,63)(H,54,64)(H,55,61)(H,56,62)/t41?,42?,43-,44-,45-,46-,47-,48-/m0/s1. The lowest BCUT2D eigenvalue weighted by molar-refractivity contribution is -0.134. The van der Waals surface area contributed by atoms with Gasteiger partial charge in [0.05, 0.1) is 60.1 Å². The van der Waals surface area contributed by atoms with Crippen LogP contribution >= 0.6 is 0 Å². The average molecular weight is 1010 g/mol. The zero-order valence-electron chi connectivity index (χ0n) is 40.3. The summed E-state index contributed by atoms with van der Waals surface area (Å²) in [6, 6.07) is 30.3. The van der Waals surface area contributed by atoms with Crippen molar-refractivity contribution >= 4 is 43.3 Å². The first-order valence-corrected chi connectivity index (χ1v) is 27.2. The van der Waals surface area contributed by atoms with E-state index >= 15 is 0 Å². The van der Waals surface area contributed by atoms with Gasteiger partial charge < -0.3 is 41.7 Å². The fourth-order valence-corrected chi connectivity index (χ4v) is 10.8. The molecule has 0 spiro atoms. The maximum Gasteiger partial charge on any atom is 0.243 e. The molecule has 0 heterocycles. The van der Waals surface area contributed by atoms with Crippen molar-refractivity contribution in [3.63, 3.8) is 0 Å². The second kappa shape index (κ2) is 27.8. The van der Waals surface area contributed by atoms with Gasteiger partial charge in [-0.3, -0.25) is 19.2 Å². The first-order valence-electron chi connectivity index (χ1n) is 23.6. The molecule has 0 fully saturated rings. The van der Waals surface area contributed by atoms with Crippen molar-refractivity contribution in [2.75, 3.05) is 36.2 Å². The largest absolute Gasteiger partial charge is 0.395 e. The summed E-state index contributed by atoms with van der Waals surface area (Å²) < 4.78 is 51.7. The summed E-state index contributed by atoms with van der Waals surface area (Å²) in [4.78, 5) is 56.8. The number of rotatable bonds is 29. The van der Waals surface area contributed by atoms with Crippen LogP contribution in [0, 0.1) is 23.7 Å². The molecule has 8 N–H and O–H groups in total. The summed E-state index contributed by atoms with van der Waals surface area (Å²) >= 11 is 0. The molecule has 0 aromatic heterocycles. The lowest BCUT2D eigenvalue weighted by Crippen LogP contribution is -2.62. The zero-order chi connectivity index (χ0) is 51.4. The van der Waals surface area contributed by atoms with Crippen molar-refractivity contribution in [2.24, 2.45) is 23.7 Å². The lowest BCUT2D eigenvalue weighted by atomic mass is 9.90. The maximum atomic E-state index is 14.4. The molecule has 18 heteroatoms. The zero-order valence-corrected chi connectivity index (χ0v) is 41.9. The van der Waals surface area contributed by atoms with Crippen LogP contribution in [-0.2, 0) is 64.5 Å². The summed E-state index contributed by atoms with van der Waals surface area (Å²) in [6.45, 7) is 5.48. The second-order valence-electron chi connectivity index (χ2n) is 18.5. The molecular weight excluding hydrogens is 937 g/mol. The third kappa shape index (κ3) is 18.7. The predicted molar refractivity (Wildman–Crippen MR) is 268 cm³/mol. The molecule has 382 valence electrons. The second-order valence-corrected chi connectivity index (χ2v) is 23.0. The van der Waals surface area contributed by atoms with Crippen molar-refractivity contribution < 1.29 is 56.4 Å². The van der Waals surface area contributed by atoms with Crippen molar-refractivity contribution in [1.82, 2.24) is 21.3 Å². The molecule has 16 nitrogen and oxygen atoms in total. The topological polar surface area (TPSA) is 266 Å². The van der Waals surface area contributed by atoms with Crippen LogP contribution in [0.15, 0.2) is 121 Å². The molecule has 4 aromatic rings. The van der Waals surface area contributed by atoms with Gasteiger partial charge in [-0.25, -0.2) is 16.8 Å². The Bertz CT molecular complexity index is 2290. The summed E-state index contributed by atoms with van der Waals surface area (Å²) in [5.74, 6) is -8.51. The molecule has 4 aromatic carbocycles. The smallest absolute Gasteiger partial charge is 0.243 e. The van der Waals surface area contributed by atoms with E-state index in [0.717, 1.165) is 0 Å². The number of carbonyl (C=O) groups excluding carboxylic acids is 4. The van der Waals surface area contributed by atoms with E-state index in [2.05, 4.69) is 21.3 Å². The van der Waals surface area contributed by atoms with Crippen molar-refractivity contribution in [2.45, 2.75) is 89.8 Å². The van der Waals surface area contributed by atoms with Crippen LogP contribution in [-0.4, -0.2) is 133 Å². The summed E-state index contributed by atoms with van der Waals surface area (Å²) in [5, 5.41) is 54.4. The first-order chi connectivity index (χ1) is 33.2. The number of carbonyl (C=O) groups is 4. The molecule has 0 radical (unpaired) electrons. The van der Waals surface area contributed by atoms with E-state index in [9.17, 15) is 56.4 Å². The van der Waals surface area contributed by atoms with Crippen LogP contribution in [0.4, 0.5) is 0 Å². The van der Waals surface area contributed by atoms with Gasteiger partial charge >= 0.3 is 0 Å². The van der Waals surface area contributed by atoms with Gasteiger partial charge in [0.25, 0.3) is 0 Å². The van der Waals surface area contributed by atoms with Gasteiger partial charge in [-0.2, -0.15) is 0 Å². The highest BCUT2D eigenvalue weighted by molar-refractivity contribution is 7.91. The molecular formula is C52H70N4O12S2. The van der Waals surface area contributed by atoms with Gasteiger partial charge in [-0.05, 0) is 59.8 Å². The number of nitrogens with one attached hydrogen (secondary N) is 4. The minimum atomic E-state index is -3.88. The minimum absolute atomic E-state index is 0.0156. The lowest BCUT2D eigenvalue weighted by Gasteiger charge is -2.35. The number of aliphatic hydroxyl groups is 4. The molecule has 4 rings (SSSR count). The Kier molecular flexibility index (Phi) is 22.7. The van der Waals surface area contributed by atoms with Gasteiger partial charge in [0, 0.05) is 0 Å². The van der Waals surface area contributed by atoms with E-state index in [-0.39, 0.29) is 25.7 Å². The molecule has 0 aliphatic carbocycles. The SMILES string of the molecule is CC(C)[C@H](NC(=O)C(Cc1ccccc1)CS(=O)(=O)CCO)C(=O)N[C@@H](Cc1ccccc1)[C@H](O)[C@@H](O)[C@H](Cc1ccccc1)NC(=O)[C@@H](NC(=O)C(Cc1ccccc1)CS(=O)(=O)CCO)C(C)C. The fraction of sp³-hybridized carbons (Fsp3) is 0.462. The van der Waals surface area contributed by atoms with E-state index < -0.39 is 140 Å². The molecule has 0 aliphatic rings. The molecule has 2 unspecified atom stereocenters. The van der Waals surface area contributed by atoms with Crippen LogP contribution in [0.25, 0.3) is 0 Å². The van der Waals surface area contributed by atoms with Gasteiger partial charge in [-0.15, -0.1) is 0 Å². The number of aliphatic hydroxyl groups excluding tert-OH is 4. The van der Waals surface area contributed by atoms with Crippen molar-refractivity contribution in [3.05, 3.63) is 144 Å². The van der Waals surface area contributed by atoms with Crippen LogP contribution < -0.4 is 21.3 Å². The van der Waals surface area contributed by atoms with E-state index in [0.29, 0.717) is 22.3 Å². The first kappa shape index (κ1) is 57.1. The number of benzene rings is 4. The third-order valence-electron chi connectivity index (χ3n) is 12.0. The van der Waals surface area contributed by atoms with E-state index in [1.54, 1.807) is 149 Å². The summed E-state index contributed by atoms with van der Waals surface area (Å²) in [5.41, 5.74) is 2.70. The van der Waals surface area contributed by atoms with E-state index in [1.165, 1.54) is 0 Å². The van der Waals surface area contributed by atoms with Crippen molar-refractivity contribution in [3.8, 4) is 0 Å². The monoisotopic (exact) mass is 1010 g/mol. The van der Waals surface area contributed by atoms with Crippen LogP contribution in [0.1, 0.15) is 49.9 Å². The van der Waals surface area contributed by atoms with Crippen LogP contribution in [0.5, 0.6) is 0 Å². The number of sulfone groups is 2. The molecule has 0 bridgehead atoms. The highest BCUT2D eigenvalue weighted by Crippen LogP contribution is 2.20. The molecule has 70 heavy (non-hydrogen) atoms. The Hall–Kier alpha value is -5.50. The fourth-order valence-electron chi connectivity index (χ4n) is 8.19. The van der Waals surface area contributed by atoms with Crippen LogP contribution in [0.3, 0.4) is 0 Å². The maximum absolute atomic E-state index is 14.4. The highest BCUT2D eigenvalue weighted by Gasteiger charge is 2.39. The Morgan fingerprint density at radius 1 is 0.429 bits per heavy atom. The van der Waals surface area contributed by atoms with E-state index in [1.807, 2.05) is 0 Å². The molecule has 0 aliphatic heterocycles. The Morgan fingerprint density at radius 2 is 0.700 bits per heavy atom. The summed E-state index contributed by atoms with van der Waals surface area (Å²) in [7, 11) is -7.76. The Labute approximate surface area is 412 Å². The summed E-state index contributed by atoms with van der Waals surface area (Å²) in [6.07, 6.45) is -3.51.